The molecule has 0 saturated carbocycles. The van der Waals surface area contributed by atoms with Crippen molar-refractivity contribution < 1.29 is 14.3 Å². The van der Waals surface area contributed by atoms with Crippen LogP contribution in [0.1, 0.15) is 19.4 Å². The van der Waals surface area contributed by atoms with E-state index in [0.29, 0.717) is 19.8 Å². The van der Waals surface area contributed by atoms with Gasteiger partial charge in [0.15, 0.2) is 0 Å². The number of rotatable bonds is 7. The zero-order valence-electron chi connectivity index (χ0n) is 14.8. The number of hydrogen-bond donors (Lipinski definition) is 3. The summed E-state index contributed by atoms with van der Waals surface area (Å²) in [5, 5.41) is 5.30. The number of carbonyl (C=O) groups excluding carboxylic acids is 2. The number of nitrogens with two attached hydrogens (primary N) is 1. The van der Waals surface area contributed by atoms with E-state index >= 15 is 0 Å². The van der Waals surface area contributed by atoms with Crippen LogP contribution in [0.5, 0.6) is 0 Å². The largest absolute Gasteiger partial charge is 0.378 e. The first-order chi connectivity index (χ1) is 12.0. The molecule has 0 aliphatic carbocycles. The fourth-order valence-electron chi connectivity index (χ4n) is 2.35. The lowest BCUT2D eigenvalue weighted by molar-refractivity contribution is -0.127. The second-order valence-electron chi connectivity index (χ2n) is 6.39. The smallest absolute Gasteiger partial charge is 0.239 e. The maximum atomic E-state index is 11.8. The Morgan fingerprint density at radius 2 is 2.00 bits per heavy atom. The van der Waals surface area contributed by atoms with Gasteiger partial charge in [0.1, 0.15) is 5.82 Å². The fraction of sp³-hybridized carbons (Fsp3) is 0.588. The molecule has 8 heteroatoms. The molecule has 1 aliphatic rings. The molecule has 0 bridgehead atoms. The molecule has 0 aromatic carbocycles. The Labute approximate surface area is 148 Å². The van der Waals surface area contributed by atoms with Gasteiger partial charge in [0.05, 0.1) is 25.8 Å². The third-order valence-corrected chi connectivity index (χ3v) is 4.08. The molecule has 0 radical (unpaired) electrons. The van der Waals surface area contributed by atoms with Gasteiger partial charge < -0.3 is 26.0 Å². The van der Waals surface area contributed by atoms with Crippen molar-refractivity contribution in [2.24, 2.45) is 11.7 Å². The quantitative estimate of drug-likeness (QED) is 0.620. The number of nitrogens with one attached hydrogen (secondary N) is 2. The Balaban J connectivity index is 1.73. The van der Waals surface area contributed by atoms with Gasteiger partial charge in [-0.2, -0.15) is 0 Å². The summed E-state index contributed by atoms with van der Waals surface area (Å²) < 4.78 is 5.32. The van der Waals surface area contributed by atoms with Crippen molar-refractivity contribution in [2.75, 3.05) is 37.7 Å². The van der Waals surface area contributed by atoms with E-state index in [2.05, 4.69) is 20.5 Å². The number of hydrogen-bond acceptors (Lipinski definition) is 6. The molecule has 2 heterocycles. The second kappa shape index (κ2) is 9.33. The van der Waals surface area contributed by atoms with E-state index in [-0.39, 0.29) is 24.3 Å². The first kappa shape index (κ1) is 19.1. The minimum absolute atomic E-state index is 0.0270. The molecule has 1 saturated heterocycles. The predicted molar refractivity (Wildman–Crippen MR) is 94.9 cm³/mol. The van der Waals surface area contributed by atoms with E-state index in [0.717, 1.165) is 24.5 Å². The standard InChI is InChI=1S/C17H27N5O3/c1-12(2)16(18)17(24)21-11-15(23)20-10-13-3-4-14(19-9-13)22-5-7-25-8-6-22/h3-4,9,12,16H,5-8,10-11,18H2,1-2H3,(H,20,23)(H,21,24)/t16-/m0/s1. The first-order valence-electron chi connectivity index (χ1n) is 8.55. The number of pyridine rings is 1. The molecular formula is C17H27N5O3. The fourth-order valence-corrected chi connectivity index (χ4v) is 2.35. The topological polar surface area (TPSA) is 110 Å². The number of morpholine rings is 1. The van der Waals surface area contributed by atoms with E-state index in [4.69, 9.17) is 10.5 Å². The lowest BCUT2D eigenvalue weighted by atomic mass is 10.1. The van der Waals surface area contributed by atoms with Crippen molar-refractivity contribution in [3.8, 4) is 0 Å². The summed E-state index contributed by atoms with van der Waals surface area (Å²) in [6.07, 6.45) is 1.75. The van der Waals surface area contributed by atoms with Crippen LogP contribution in [0.15, 0.2) is 18.3 Å². The van der Waals surface area contributed by atoms with Crippen LogP contribution in [-0.4, -0.2) is 55.7 Å². The van der Waals surface area contributed by atoms with Crippen molar-refractivity contribution in [3.63, 3.8) is 0 Å². The molecule has 1 fully saturated rings. The molecule has 1 aliphatic heterocycles. The number of anilines is 1. The summed E-state index contributed by atoms with van der Waals surface area (Å²) in [5.41, 5.74) is 6.62. The Kier molecular flexibility index (Phi) is 7.15. The van der Waals surface area contributed by atoms with Crippen molar-refractivity contribution in [1.29, 1.82) is 0 Å². The summed E-state index contributed by atoms with van der Waals surface area (Å²) >= 11 is 0. The van der Waals surface area contributed by atoms with Crippen molar-refractivity contribution >= 4 is 17.6 Å². The maximum absolute atomic E-state index is 11.8. The molecule has 138 valence electrons. The van der Waals surface area contributed by atoms with Crippen molar-refractivity contribution in [3.05, 3.63) is 23.9 Å². The van der Waals surface area contributed by atoms with Gasteiger partial charge in [-0.15, -0.1) is 0 Å². The van der Waals surface area contributed by atoms with E-state index < -0.39 is 6.04 Å². The lowest BCUT2D eigenvalue weighted by Crippen LogP contribution is -2.47. The number of amides is 2. The molecule has 25 heavy (non-hydrogen) atoms. The molecule has 4 N–H and O–H groups in total. The Hall–Kier alpha value is -2.19. The van der Waals surface area contributed by atoms with E-state index in [9.17, 15) is 9.59 Å². The summed E-state index contributed by atoms with van der Waals surface area (Å²) in [7, 11) is 0. The minimum atomic E-state index is -0.607. The Morgan fingerprint density at radius 1 is 1.28 bits per heavy atom. The Bertz CT molecular complexity index is 570. The second-order valence-corrected chi connectivity index (χ2v) is 6.39. The van der Waals surface area contributed by atoms with Crippen LogP contribution in [0, 0.1) is 5.92 Å². The molecule has 1 aromatic rings. The number of ether oxygens (including phenoxy) is 1. The van der Waals surface area contributed by atoms with Gasteiger partial charge in [-0.25, -0.2) is 4.98 Å². The van der Waals surface area contributed by atoms with Crippen LogP contribution in [0.2, 0.25) is 0 Å². The van der Waals surface area contributed by atoms with Crippen LogP contribution in [0.25, 0.3) is 0 Å². The van der Waals surface area contributed by atoms with Gasteiger partial charge in [0.2, 0.25) is 11.8 Å². The first-order valence-corrected chi connectivity index (χ1v) is 8.55. The van der Waals surface area contributed by atoms with Gasteiger partial charge in [0.25, 0.3) is 0 Å². The highest BCUT2D eigenvalue weighted by molar-refractivity contribution is 5.87. The third kappa shape index (κ3) is 5.99. The summed E-state index contributed by atoms with van der Waals surface area (Å²) in [6, 6.07) is 3.27. The lowest BCUT2D eigenvalue weighted by Gasteiger charge is -2.27. The average molecular weight is 349 g/mol. The molecule has 2 amide bonds. The number of carbonyl (C=O) groups is 2. The van der Waals surface area contributed by atoms with Crippen LogP contribution in [0.4, 0.5) is 5.82 Å². The highest BCUT2D eigenvalue weighted by Crippen LogP contribution is 2.12. The third-order valence-electron chi connectivity index (χ3n) is 4.08. The van der Waals surface area contributed by atoms with E-state index in [1.165, 1.54) is 0 Å². The molecule has 0 spiro atoms. The molecule has 8 nitrogen and oxygen atoms in total. The molecule has 2 rings (SSSR count). The summed E-state index contributed by atoms with van der Waals surface area (Å²) in [5.74, 6) is 0.357. The van der Waals surface area contributed by atoms with Crippen molar-refractivity contribution in [1.82, 2.24) is 15.6 Å². The normalized spacial score (nSPS) is 15.8. The van der Waals surface area contributed by atoms with Crippen LogP contribution < -0.4 is 21.3 Å². The van der Waals surface area contributed by atoms with Crippen LogP contribution in [-0.2, 0) is 20.9 Å². The van der Waals surface area contributed by atoms with Gasteiger partial charge in [-0.1, -0.05) is 19.9 Å². The van der Waals surface area contributed by atoms with Crippen LogP contribution >= 0.6 is 0 Å². The monoisotopic (exact) mass is 349 g/mol. The molecule has 0 unspecified atom stereocenters. The van der Waals surface area contributed by atoms with Gasteiger partial charge in [-0.3, -0.25) is 9.59 Å². The summed E-state index contributed by atoms with van der Waals surface area (Å²) in [4.78, 5) is 30.1. The van der Waals surface area contributed by atoms with Gasteiger partial charge in [0, 0.05) is 25.8 Å². The van der Waals surface area contributed by atoms with E-state index in [1.54, 1.807) is 6.20 Å². The Morgan fingerprint density at radius 3 is 2.60 bits per heavy atom. The van der Waals surface area contributed by atoms with E-state index in [1.807, 2.05) is 26.0 Å². The summed E-state index contributed by atoms with van der Waals surface area (Å²) in [6.45, 7) is 7.09. The highest BCUT2D eigenvalue weighted by atomic mass is 16.5. The predicted octanol–water partition coefficient (Wildman–Crippen LogP) is -0.366. The maximum Gasteiger partial charge on any atom is 0.239 e. The van der Waals surface area contributed by atoms with Crippen molar-refractivity contribution in [2.45, 2.75) is 26.4 Å². The molecule has 1 aromatic heterocycles. The SMILES string of the molecule is CC(C)[C@H](N)C(=O)NCC(=O)NCc1ccc(N2CCOCC2)nc1. The van der Waals surface area contributed by atoms with Gasteiger partial charge in [-0.05, 0) is 17.5 Å². The van der Waals surface area contributed by atoms with Crippen LogP contribution in [0.3, 0.4) is 0 Å². The molecule has 1 atom stereocenters. The zero-order valence-corrected chi connectivity index (χ0v) is 14.8. The zero-order chi connectivity index (χ0) is 18.2. The minimum Gasteiger partial charge on any atom is -0.378 e. The number of aromatic nitrogens is 1. The number of nitrogens with zero attached hydrogens (tertiary/aromatic N) is 2. The molecular weight excluding hydrogens is 322 g/mol. The average Bonchev–Trinajstić information content (AvgIpc) is 2.64. The van der Waals surface area contributed by atoms with Gasteiger partial charge >= 0.3 is 0 Å². The highest BCUT2D eigenvalue weighted by Gasteiger charge is 2.17.